The number of nitrogen functional groups attached to an aromatic ring is 1. The van der Waals surface area contributed by atoms with Crippen molar-refractivity contribution in [1.82, 2.24) is 0 Å². The van der Waals surface area contributed by atoms with Crippen molar-refractivity contribution in [3.63, 3.8) is 0 Å². The first kappa shape index (κ1) is 14.9. The summed E-state index contributed by atoms with van der Waals surface area (Å²) in [6.45, 7) is 3.82. The van der Waals surface area contributed by atoms with Crippen LogP contribution in [-0.2, 0) is 10.0 Å². The van der Waals surface area contributed by atoms with Gasteiger partial charge >= 0.3 is 0 Å². The summed E-state index contributed by atoms with van der Waals surface area (Å²) >= 11 is 3.27. The van der Waals surface area contributed by atoms with Crippen LogP contribution in [-0.4, -0.2) is 8.42 Å². The number of anilines is 2. The molecule has 0 aromatic heterocycles. The molecule has 2 aromatic rings. The number of rotatable bonds is 3. The maximum absolute atomic E-state index is 12.3. The molecule has 20 heavy (non-hydrogen) atoms. The molecule has 0 bridgehead atoms. The Bertz CT molecular complexity index is 758. The van der Waals surface area contributed by atoms with Crippen LogP contribution in [0.25, 0.3) is 0 Å². The summed E-state index contributed by atoms with van der Waals surface area (Å²) in [6, 6.07) is 9.94. The summed E-state index contributed by atoms with van der Waals surface area (Å²) in [5.74, 6) is 0. The van der Waals surface area contributed by atoms with Crippen molar-refractivity contribution in [1.29, 1.82) is 0 Å². The van der Waals surface area contributed by atoms with Gasteiger partial charge in [-0.3, -0.25) is 4.72 Å². The van der Waals surface area contributed by atoms with Gasteiger partial charge in [0.25, 0.3) is 10.0 Å². The third-order valence-electron chi connectivity index (χ3n) is 3.04. The van der Waals surface area contributed by atoms with Crippen LogP contribution < -0.4 is 10.5 Å². The highest BCUT2D eigenvalue weighted by atomic mass is 79.9. The van der Waals surface area contributed by atoms with Gasteiger partial charge in [-0.15, -0.1) is 0 Å². The molecule has 0 spiro atoms. The molecule has 3 N–H and O–H groups in total. The summed E-state index contributed by atoms with van der Waals surface area (Å²) in [6.07, 6.45) is 0. The molecule has 0 aliphatic carbocycles. The maximum atomic E-state index is 12.3. The van der Waals surface area contributed by atoms with E-state index in [1.54, 1.807) is 36.4 Å². The molecule has 2 aromatic carbocycles. The predicted octanol–water partition coefficient (Wildman–Crippen LogP) is 3.45. The summed E-state index contributed by atoms with van der Waals surface area (Å²) in [7, 11) is -3.59. The number of hydrogen-bond acceptors (Lipinski definition) is 3. The molecule has 2 rings (SSSR count). The Morgan fingerprint density at radius 2 is 1.75 bits per heavy atom. The Morgan fingerprint density at radius 3 is 2.35 bits per heavy atom. The Balaban J connectivity index is 2.35. The molecule has 0 saturated heterocycles. The molecule has 0 radical (unpaired) electrons. The summed E-state index contributed by atoms with van der Waals surface area (Å²) in [5.41, 5.74) is 8.68. The van der Waals surface area contributed by atoms with Gasteiger partial charge in [0.2, 0.25) is 0 Å². The first-order valence-corrected chi connectivity index (χ1v) is 8.22. The average Bonchev–Trinajstić information content (AvgIpc) is 2.37. The fourth-order valence-corrected chi connectivity index (χ4v) is 3.20. The van der Waals surface area contributed by atoms with E-state index in [0.29, 0.717) is 15.8 Å². The molecule has 106 valence electrons. The van der Waals surface area contributed by atoms with Gasteiger partial charge in [-0.25, -0.2) is 8.42 Å². The van der Waals surface area contributed by atoms with Crippen molar-refractivity contribution in [2.24, 2.45) is 0 Å². The van der Waals surface area contributed by atoms with E-state index in [0.717, 1.165) is 11.1 Å². The Labute approximate surface area is 127 Å². The lowest BCUT2D eigenvalue weighted by Gasteiger charge is -2.10. The van der Waals surface area contributed by atoms with E-state index >= 15 is 0 Å². The topological polar surface area (TPSA) is 72.2 Å². The first-order valence-electron chi connectivity index (χ1n) is 5.95. The number of aryl methyl sites for hydroxylation is 2. The molecule has 0 aliphatic rings. The fourth-order valence-electron chi connectivity index (χ4n) is 1.69. The number of hydrogen-bond donors (Lipinski definition) is 2. The third kappa shape index (κ3) is 3.13. The number of halogens is 1. The molecule has 0 atom stereocenters. The molecule has 0 saturated carbocycles. The second kappa shape index (κ2) is 5.46. The van der Waals surface area contributed by atoms with E-state index in [-0.39, 0.29) is 4.90 Å². The lowest BCUT2D eigenvalue weighted by molar-refractivity contribution is 0.601. The van der Waals surface area contributed by atoms with Gasteiger partial charge in [-0.1, -0.05) is 6.07 Å². The number of nitrogens with two attached hydrogens (primary N) is 1. The Kier molecular flexibility index (Phi) is 4.06. The first-order chi connectivity index (χ1) is 9.29. The second-order valence-electron chi connectivity index (χ2n) is 4.59. The van der Waals surface area contributed by atoms with Crippen LogP contribution in [0.15, 0.2) is 45.8 Å². The van der Waals surface area contributed by atoms with Gasteiger partial charge in [-0.05, 0) is 71.2 Å². The van der Waals surface area contributed by atoms with Crippen molar-refractivity contribution in [3.05, 3.63) is 52.0 Å². The minimum Gasteiger partial charge on any atom is -0.398 e. The van der Waals surface area contributed by atoms with Crippen molar-refractivity contribution in [2.45, 2.75) is 18.7 Å². The SMILES string of the molecule is Cc1ccc(S(=O)(=O)Nc2ccc(N)c(Br)c2)cc1C. The van der Waals surface area contributed by atoms with Crippen LogP contribution in [0.3, 0.4) is 0 Å². The Morgan fingerprint density at radius 1 is 1.05 bits per heavy atom. The van der Waals surface area contributed by atoms with Crippen molar-refractivity contribution < 1.29 is 8.42 Å². The van der Waals surface area contributed by atoms with Crippen LogP contribution in [0.5, 0.6) is 0 Å². The van der Waals surface area contributed by atoms with Crippen molar-refractivity contribution >= 4 is 37.3 Å². The molecule has 0 amide bonds. The summed E-state index contributed by atoms with van der Waals surface area (Å²) in [4.78, 5) is 0.244. The van der Waals surface area contributed by atoms with E-state index in [2.05, 4.69) is 20.7 Å². The van der Waals surface area contributed by atoms with Crippen LogP contribution in [0.1, 0.15) is 11.1 Å². The van der Waals surface area contributed by atoms with Crippen LogP contribution >= 0.6 is 15.9 Å². The van der Waals surface area contributed by atoms with Crippen LogP contribution in [0.4, 0.5) is 11.4 Å². The highest BCUT2D eigenvalue weighted by Gasteiger charge is 2.15. The van der Waals surface area contributed by atoms with Gasteiger partial charge in [-0.2, -0.15) is 0 Å². The van der Waals surface area contributed by atoms with Crippen LogP contribution in [0.2, 0.25) is 0 Å². The minimum absolute atomic E-state index is 0.244. The quantitative estimate of drug-likeness (QED) is 0.829. The normalized spacial score (nSPS) is 11.3. The molecule has 6 heteroatoms. The van der Waals surface area contributed by atoms with Crippen molar-refractivity contribution in [2.75, 3.05) is 10.5 Å². The zero-order valence-electron chi connectivity index (χ0n) is 11.1. The third-order valence-corrected chi connectivity index (χ3v) is 5.11. The largest absolute Gasteiger partial charge is 0.398 e. The van der Waals surface area contributed by atoms with Crippen molar-refractivity contribution in [3.8, 4) is 0 Å². The minimum atomic E-state index is -3.59. The fraction of sp³-hybridized carbons (Fsp3) is 0.143. The molecular formula is C14H15BrN2O2S. The summed E-state index contributed by atoms with van der Waals surface area (Å²) < 4.78 is 27.8. The average molecular weight is 355 g/mol. The van der Waals surface area contributed by atoms with Gasteiger partial charge in [0, 0.05) is 10.2 Å². The molecule has 0 heterocycles. The standard InChI is InChI=1S/C14H15BrN2O2S/c1-9-3-5-12(7-10(9)2)20(18,19)17-11-4-6-14(16)13(15)8-11/h3-8,17H,16H2,1-2H3. The van der Waals surface area contributed by atoms with E-state index < -0.39 is 10.0 Å². The predicted molar refractivity (Wildman–Crippen MR) is 85.3 cm³/mol. The molecule has 0 unspecified atom stereocenters. The molecule has 0 aliphatic heterocycles. The van der Waals surface area contributed by atoms with Gasteiger partial charge in [0.1, 0.15) is 0 Å². The lowest BCUT2D eigenvalue weighted by Crippen LogP contribution is -2.13. The van der Waals surface area contributed by atoms with Crippen LogP contribution in [0, 0.1) is 13.8 Å². The lowest BCUT2D eigenvalue weighted by atomic mass is 10.1. The van der Waals surface area contributed by atoms with Gasteiger partial charge in [0.15, 0.2) is 0 Å². The van der Waals surface area contributed by atoms with Gasteiger partial charge < -0.3 is 5.73 Å². The zero-order valence-corrected chi connectivity index (χ0v) is 13.5. The number of sulfonamides is 1. The molecule has 0 fully saturated rings. The van der Waals surface area contributed by atoms with Gasteiger partial charge in [0.05, 0.1) is 10.6 Å². The number of nitrogens with one attached hydrogen (secondary N) is 1. The summed E-state index contributed by atoms with van der Waals surface area (Å²) in [5, 5.41) is 0. The monoisotopic (exact) mass is 354 g/mol. The smallest absolute Gasteiger partial charge is 0.261 e. The van der Waals surface area contributed by atoms with E-state index in [4.69, 9.17) is 5.73 Å². The Hall–Kier alpha value is -1.53. The van der Waals surface area contributed by atoms with E-state index in [1.807, 2.05) is 13.8 Å². The molecule has 4 nitrogen and oxygen atoms in total. The van der Waals surface area contributed by atoms with E-state index in [9.17, 15) is 8.42 Å². The maximum Gasteiger partial charge on any atom is 0.261 e. The second-order valence-corrected chi connectivity index (χ2v) is 7.12. The van der Waals surface area contributed by atoms with E-state index in [1.165, 1.54) is 0 Å². The highest BCUT2D eigenvalue weighted by Crippen LogP contribution is 2.25. The number of benzene rings is 2. The molecular weight excluding hydrogens is 340 g/mol. The zero-order chi connectivity index (χ0) is 14.9. The highest BCUT2D eigenvalue weighted by molar-refractivity contribution is 9.10.